The summed E-state index contributed by atoms with van der Waals surface area (Å²) in [5, 5.41) is 3.00. The molecule has 0 aliphatic heterocycles. The van der Waals surface area contributed by atoms with Crippen molar-refractivity contribution < 1.29 is 14.3 Å². The van der Waals surface area contributed by atoms with Gasteiger partial charge in [0.05, 0.1) is 14.2 Å². The Kier molecular flexibility index (Phi) is 8.36. The lowest BCUT2D eigenvalue weighted by Gasteiger charge is -2.35. The second kappa shape index (κ2) is 9.74. The Balaban J connectivity index is 0.00000288. The third-order valence-corrected chi connectivity index (χ3v) is 4.85. The zero-order valence-corrected chi connectivity index (χ0v) is 15.4. The second-order valence-corrected chi connectivity index (χ2v) is 6.40. The van der Waals surface area contributed by atoms with E-state index >= 15 is 0 Å². The predicted molar refractivity (Wildman–Crippen MR) is 97.8 cm³/mol. The Morgan fingerprint density at radius 1 is 1.21 bits per heavy atom. The molecule has 0 bridgehead atoms. The van der Waals surface area contributed by atoms with Gasteiger partial charge in [-0.05, 0) is 36.9 Å². The number of hydrogen-bond donors (Lipinski definition) is 2. The molecular formula is C18H29ClN2O3. The number of carbonyl (C=O) groups excluding carboxylic acids is 1. The van der Waals surface area contributed by atoms with E-state index in [-0.39, 0.29) is 23.7 Å². The molecule has 0 unspecified atom stereocenters. The van der Waals surface area contributed by atoms with Crippen molar-refractivity contribution in [3.8, 4) is 11.5 Å². The van der Waals surface area contributed by atoms with Gasteiger partial charge in [-0.3, -0.25) is 4.79 Å². The lowest BCUT2D eigenvalue weighted by Crippen LogP contribution is -2.38. The first-order valence-electron chi connectivity index (χ1n) is 8.30. The van der Waals surface area contributed by atoms with Gasteiger partial charge in [-0.2, -0.15) is 0 Å². The van der Waals surface area contributed by atoms with Gasteiger partial charge in [0.1, 0.15) is 11.5 Å². The summed E-state index contributed by atoms with van der Waals surface area (Å²) >= 11 is 0. The van der Waals surface area contributed by atoms with E-state index in [0.29, 0.717) is 19.5 Å². The minimum atomic E-state index is -0.00761. The molecule has 0 heterocycles. The van der Waals surface area contributed by atoms with Crippen molar-refractivity contribution in [1.82, 2.24) is 5.32 Å². The van der Waals surface area contributed by atoms with Gasteiger partial charge in [0.2, 0.25) is 5.91 Å². The maximum atomic E-state index is 12.3. The van der Waals surface area contributed by atoms with Gasteiger partial charge in [-0.25, -0.2) is 0 Å². The van der Waals surface area contributed by atoms with Crippen molar-refractivity contribution in [3.63, 3.8) is 0 Å². The molecule has 1 aliphatic rings. The number of benzene rings is 1. The fraction of sp³-hybridized carbons (Fsp3) is 0.611. The Labute approximate surface area is 150 Å². The molecule has 6 heteroatoms. The Hall–Kier alpha value is -1.46. The van der Waals surface area contributed by atoms with Crippen molar-refractivity contribution >= 4 is 18.3 Å². The van der Waals surface area contributed by atoms with Crippen molar-refractivity contribution in [2.24, 2.45) is 11.1 Å². The Morgan fingerprint density at radius 3 is 2.50 bits per heavy atom. The number of hydrogen-bond acceptors (Lipinski definition) is 4. The summed E-state index contributed by atoms with van der Waals surface area (Å²) in [5.74, 6) is 1.52. The highest BCUT2D eigenvalue weighted by atomic mass is 35.5. The predicted octanol–water partition coefficient (Wildman–Crippen LogP) is 3.04. The maximum Gasteiger partial charge on any atom is 0.220 e. The largest absolute Gasteiger partial charge is 0.497 e. The van der Waals surface area contributed by atoms with Crippen LogP contribution in [0.25, 0.3) is 0 Å². The first-order valence-corrected chi connectivity index (χ1v) is 8.30. The number of rotatable bonds is 7. The first kappa shape index (κ1) is 20.6. The van der Waals surface area contributed by atoms with E-state index in [9.17, 15) is 4.79 Å². The van der Waals surface area contributed by atoms with Crippen LogP contribution in [0.15, 0.2) is 18.2 Å². The van der Waals surface area contributed by atoms with Crippen molar-refractivity contribution in [2.75, 3.05) is 20.8 Å². The van der Waals surface area contributed by atoms with E-state index in [1.807, 2.05) is 18.2 Å². The molecule has 136 valence electrons. The average molecular weight is 357 g/mol. The number of amides is 1. The first-order chi connectivity index (χ1) is 11.1. The molecule has 1 amide bonds. The highest BCUT2D eigenvalue weighted by molar-refractivity contribution is 5.85. The van der Waals surface area contributed by atoms with E-state index in [4.69, 9.17) is 15.2 Å². The molecule has 5 nitrogen and oxygen atoms in total. The summed E-state index contributed by atoms with van der Waals surface area (Å²) in [6, 6.07) is 5.60. The van der Waals surface area contributed by atoms with Crippen LogP contribution in [0.4, 0.5) is 0 Å². The molecule has 1 aromatic rings. The van der Waals surface area contributed by atoms with Crippen LogP contribution in [-0.4, -0.2) is 26.7 Å². The Morgan fingerprint density at radius 2 is 1.92 bits per heavy atom. The minimum absolute atomic E-state index is 0. The zero-order chi connectivity index (χ0) is 16.7. The van der Waals surface area contributed by atoms with E-state index in [1.165, 1.54) is 19.3 Å². The van der Waals surface area contributed by atoms with Crippen LogP contribution in [0.2, 0.25) is 0 Å². The SMILES string of the molecule is COc1ccc(CNC(=O)CC2(CN)CCCCC2)c(OC)c1.Cl. The fourth-order valence-electron chi connectivity index (χ4n) is 3.35. The molecule has 3 N–H and O–H groups in total. The number of methoxy groups -OCH3 is 2. The summed E-state index contributed by atoms with van der Waals surface area (Å²) in [6.45, 7) is 1.04. The number of carbonyl (C=O) groups is 1. The van der Waals surface area contributed by atoms with Gasteiger partial charge < -0.3 is 20.5 Å². The van der Waals surface area contributed by atoms with E-state index in [0.717, 1.165) is 29.9 Å². The minimum Gasteiger partial charge on any atom is -0.497 e. The van der Waals surface area contributed by atoms with Gasteiger partial charge in [0.25, 0.3) is 0 Å². The normalized spacial score (nSPS) is 16.0. The van der Waals surface area contributed by atoms with Crippen molar-refractivity contribution in [1.29, 1.82) is 0 Å². The summed E-state index contributed by atoms with van der Waals surface area (Å²) in [4.78, 5) is 12.3. The quantitative estimate of drug-likeness (QED) is 0.787. The van der Waals surface area contributed by atoms with Crippen molar-refractivity contribution in [2.45, 2.75) is 45.1 Å². The number of halogens is 1. The monoisotopic (exact) mass is 356 g/mol. The molecule has 24 heavy (non-hydrogen) atoms. The highest BCUT2D eigenvalue weighted by Crippen LogP contribution is 2.38. The summed E-state index contributed by atoms with van der Waals surface area (Å²) in [6.07, 6.45) is 6.24. The van der Waals surface area contributed by atoms with Crippen LogP contribution in [0.3, 0.4) is 0 Å². The lowest BCUT2D eigenvalue weighted by molar-refractivity contribution is -0.124. The standard InChI is InChI=1S/C18H28N2O3.ClH/c1-22-15-7-6-14(16(10-15)23-2)12-20-17(21)11-18(13-19)8-4-3-5-9-18;/h6-7,10H,3-5,8-9,11-13,19H2,1-2H3,(H,20,21);1H. The van der Waals surface area contributed by atoms with Crippen LogP contribution in [-0.2, 0) is 11.3 Å². The molecule has 1 fully saturated rings. The van der Waals surface area contributed by atoms with Gasteiger partial charge in [-0.15, -0.1) is 12.4 Å². The molecule has 1 saturated carbocycles. The summed E-state index contributed by atoms with van der Waals surface area (Å²) in [7, 11) is 3.23. The maximum absolute atomic E-state index is 12.3. The van der Waals surface area contributed by atoms with Gasteiger partial charge in [0, 0.05) is 24.6 Å². The highest BCUT2D eigenvalue weighted by Gasteiger charge is 2.32. The van der Waals surface area contributed by atoms with E-state index in [2.05, 4.69) is 5.32 Å². The molecule has 1 aromatic carbocycles. The molecule has 0 saturated heterocycles. The fourth-order valence-corrected chi connectivity index (χ4v) is 3.35. The van der Waals surface area contributed by atoms with Gasteiger partial charge in [0.15, 0.2) is 0 Å². The number of nitrogens with two attached hydrogens (primary N) is 1. The zero-order valence-electron chi connectivity index (χ0n) is 14.6. The number of ether oxygens (including phenoxy) is 2. The third-order valence-electron chi connectivity index (χ3n) is 4.85. The Bertz CT molecular complexity index is 531. The van der Waals surface area contributed by atoms with Crippen LogP contribution in [0.5, 0.6) is 11.5 Å². The molecule has 2 rings (SSSR count). The molecule has 1 aliphatic carbocycles. The molecule has 0 atom stereocenters. The molecule has 0 radical (unpaired) electrons. The lowest BCUT2D eigenvalue weighted by atomic mass is 9.71. The number of nitrogens with one attached hydrogen (secondary N) is 1. The molecular weight excluding hydrogens is 328 g/mol. The van der Waals surface area contributed by atoms with Gasteiger partial charge >= 0.3 is 0 Å². The smallest absolute Gasteiger partial charge is 0.220 e. The second-order valence-electron chi connectivity index (χ2n) is 6.40. The summed E-state index contributed by atoms with van der Waals surface area (Å²) in [5.41, 5.74) is 6.89. The molecule has 0 spiro atoms. The van der Waals surface area contributed by atoms with Crippen molar-refractivity contribution in [3.05, 3.63) is 23.8 Å². The van der Waals surface area contributed by atoms with Crippen LogP contribution >= 0.6 is 12.4 Å². The third kappa shape index (κ3) is 5.28. The summed E-state index contributed by atoms with van der Waals surface area (Å²) < 4.78 is 10.5. The molecule has 0 aromatic heterocycles. The van der Waals surface area contributed by atoms with Crippen LogP contribution in [0.1, 0.15) is 44.1 Å². The van der Waals surface area contributed by atoms with Crippen LogP contribution < -0.4 is 20.5 Å². The topological polar surface area (TPSA) is 73.6 Å². The van der Waals surface area contributed by atoms with E-state index < -0.39 is 0 Å². The van der Waals surface area contributed by atoms with Crippen LogP contribution in [0, 0.1) is 5.41 Å². The van der Waals surface area contributed by atoms with E-state index in [1.54, 1.807) is 14.2 Å². The van der Waals surface area contributed by atoms with Gasteiger partial charge in [-0.1, -0.05) is 19.3 Å². The average Bonchev–Trinajstić information content (AvgIpc) is 2.60.